The first-order valence-corrected chi connectivity index (χ1v) is 3.40. The first-order chi connectivity index (χ1) is 4.72. The Labute approximate surface area is 59.0 Å². The first-order valence-electron chi connectivity index (χ1n) is 3.40. The SMILES string of the molecule is O=C(O)[C@@H]1CCCCN1O. The van der Waals surface area contributed by atoms with Crippen LogP contribution in [0, 0.1) is 0 Å². The van der Waals surface area contributed by atoms with Crippen molar-refractivity contribution >= 4 is 5.97 Å². The summed E-state index contributed by atoms with van der Waals surface area (Å²) in [6, 6.07) is -0.672. The molecule has 1 aliphatic heterocycles. The molecule has 0 spiro atoms. The Morgan fingerprint density at radius 2 is 2.20 bits per heavy atom. The van der Waals surface area contributed by atoms with Gasteiger partial charge in [-0.15, -0.1) is 0 Å². The molecule has 0 aromatic heterocycles. The summed E-state index contributed by atoms with van der Waals surface area (Å²) in [7, 11) is 0. The second-order valence-corrected chi connectivity index (χ2v) is 2.51. The highest BCUT2D eigenvalue weighted by atomic mass is 16.5. The van der Waals surface area contributed by atoms with E-state index in [1.165, 1.54) is 0 Å². The van der Waals surface area contributed by atoms with E-state index in [0.717, 1.165) is 17.9 Å². The lowest BCUT2D eigenvalue weighted by Gasteiger charge is -2.26. The number of hydrogen-bond donors (Lipinski definition) is 2. The summed E-state index contributed by atoms with van der Waals surface area (Å²) in [5.41, 5.74) is 0. The van der Waals surface area contributed by atoms with Crippen molar-refractivity contribution in [3.8, 4) is 0 Å². The maximum atomic E-state index is 10.4. The van der Waals surface area contributed by atoms with E-state index in [1.807, 2.05) is 0 Å². The Hall–Kier alpha value is -0.610. The zero-order valence-electron chi connectivity index (χ0n) is 5.66. The Kier molecular flexibility index (Phi) is 2.24. The fraction of sp³-hybridized carbons (Fsp3) is 0.833. The number of hydrogen-bond acceptors (Lipinski definition) is 3. The second kappa shape index (κ2) is 2.98. The number of nitrogens with zero attached hydrogens (tertiary/aromatic N) is 1. The zero-order chi connectivity index (χ0) is 7.56. The highest BCUT2D eigenvalue weighted by Gasteiger charge is 2.26. The Balaban J connectivity index is 2.47. The molecule has 0 saturated carbocycles. The summed E-state index contributed by atoms with van der Waals surface area (Å²) in [5.74, 6) is -0.929. The van der Waals surface area contributed by atoms with Gasteiger partial charge in [0.05, 0.1) is 0 Å². The topological polar surface area (TPSA) is 60.8 Å². The highest BCUT2D eigenvalue weighted by Crippen LogP contribution is 2.14. The van der Waals surface area contributed by atoms with Crippen LogP contribution in [0.15, 0.2) is 0 Å². The number of carboxylic acid groups (broad SMARTS) is 1. The third-order valence-corrected chi connectivity index (χ3v) is 1.76. The molecular weight excluding hydrogens is 134 g/mol. The summed E-state index contributed by atoms with van der Waals surface area (Å²) in [6.45, 7) is 0.483. The molecule has 1 saturated heterocycles. The molecule has 0 bridgehead atoms. The van der Waals surface area contributed by atoms with Crippen LogP contribution >= 0.6 is 0 Å². The van der Waals surface area contributed by atoms with E-state index in [-0.39, 0.29) is 0 Å². The van der Waals surface area contributed by atoms with Crippen molar-refractivity contribution in [1.82, 2.24) is 5.06 Å². The van der Waals surface area contributed by atoms with Gasteiger partial charge in [-0.05, 0) is 19.3 Å². The van der Waals surface area contributed by atoms with E-state index in [2.05, 4.69) is 0 Å². The van der Waals surface area contributed by atoms with E-state index >= 15 is 0 Å². The Morgan fingerprint density at radius 3 is 2.60 bits per heavy atom. The standard InChI is InChI=1S/C6H11NO3/c8-6(9)5-3-1-2-4-7(5)10/h5,10H,1-4H2,(H,8,9)/t5-/m0/s1. The fourth-order valence-electron chi connectivity index (χ4n) is 1.17. The zero-order valence-corrected chi connectivity index (χ0v) is 5.66. The van der Waals surface area contributed by atoms with Crippen LogP contribution < -0.4 is 0 Å². The predicted octanol–water partition coefficient (Wildman–Crippen LogP) is 0.315. The number of carboxylic acids is 1. The van der Waals surface area contributed by atoms with Crippen molar-refractivity contribution in [2.45, 2.75) is 25.3 Å². The van der Waals surface area contributed by atoms with E-state index < -0.39 is 12.0 Å². The van der Waals surface area contributed by atoms with Gasteiger partial charge >= 0.3 is 5.97 Å². The first kappa shape index (κ1) is 7.50. The molecule has 0 unspecified atom stereocenters. The van der Waals surface area contributed by atoms with Gasteiger partial charge < -0.3 is 10.3 Å². The van der Waals surface area contributed by atoms with Crippen molar-refractivity contribution in [1.29, 1.82) is 0 Å². The van der Waals surface area contributed by atoms with Gasteiger partial charge in [-0.1, -0.05) is 0 Å². The molecule has 0 aliphatic carbocycles. The molecule has 1 rings (SSSR count). The van der Waals surface area contributed by atoms with Crippen LogP contribution in [0.1, 0.15) is 19.3 Å². The van der Waals surface area contributed by atoms with Crippen molar-refractivity contribution in [2.24, 2.45) is 0 Å². The van der Waals surface area contributed by atoms with Crippen LogP contribution in [-0.2, 0) is 4.79 Å². The van der Waals surface area contributed by atoms with Crippen LogP contribution in [0.4, 0.5) is 0 Å². The average Bonchev–Trinajstić information content (AvgIpc) is 1.88. The molecule has 0 amide bonds. The molecule has 0 aromatic rings. The molecule has 2 N–H and O–H groups in total. The van der Waals surface area contributed by atoms with E-state index in [4.69, 9.17) is 10.3 Å². The molecule has 4 nitrogen and oxygen atoms in total. The van der Waals surface area contributed by atoms with Gasteiger partial charge in [-0.2, -0.15) is 5.06 Å². The van der Waals surface area contributed by atoms with Crippen molar-refractivity contribution in [3.63, 3.8) is 0 Å². The molecular formula is C6H11NO3. The minimum Gasteiger partial charge on any atom is -0.480 e. The third-order valence-electron chi connectivity index (χ3n) is 1.76. The quantitative estimate of drug-likeness (QED) is 0.557. The van der Waals surface area contributed by atoms with Crippen molar-refractivity contribution in [2.75, 3.05) is 6.54 Å². The van der Waals surface area contributed by atoms with Crippen molar-refractivity contribution < 1.29 is 15.1 Å². The van der Waals surface area contributed by atoms with Crippen molar-refractivity contribution in [3.05, 3.63) is 0 Å². The summed E-state index contributed by atoms with van der Waals surface area (Å²) in [4.78, 5) is 10.4. The molecule has 10 heavy (non-hydrogen) atoms. The number of aliphatic carboxylic acids is 1. The van der Waals surface area contributed by atoms with Gasteiger partial charge in [0.2, 0.25) is 0 Å². The summed E-state index contributed by atoms with van der Waals surface area (Å²) in [6.07, 6.45) is 2.35. The minimum atomic E-state index is -0.929. The number of piperidine rings is 1. The van der Waals surface area contributed by atoms with Gasteiger partial charge in [-0.25, -0.2) is 0 Å². The van der Waals surface area contributed by atoms with Gasteiger partial charge in [0.25, 0.3) is 0 Å². The maximum Gasteiger partial charge on any atom is 0.323 e. The molecule has 1 fully saturated rings. The molecule has 1 atom stereocenters. The smallest absolute Gasteiger partial charge is 0.323 e. The maximum absolute atomic E-state index is 10.4. The molecule has 0 radical (unpaired) electrons. The predicted molar refractivity (Wildman–Crippen MR) is 33.8 cm³/mol. The second-order valence-electron chi connectivity index (χ2n) is 2.51. The molecule has 1 heterocycles. The van der Waals surface area contributed by atoms with Gasteiger partial charge in [0.15, 0.2) is 0 Å². The van der Waals surface area contributed by atoms with E-state index in [0.29, 0.717) is 13.0 Å². The summed E-state index contributed by atoms with van der Waals surface area (Å²) < 4.78 is 0. The molecule has 58 valence electrons. The van der Waals surface area contributed by atoms with Crippen LogP contribution in [0.25, 0.3) is 0 Å². The Bertz CT molecular complexity index is 137. The van der Waals surface area contributed by atoms with E-state index in [1.54, 1.807) is 0 Å². The van der Waals surface area contributed by atoms with Crippen LogP contribution in [0.3, 0.4) is 0 Å². The number of hydroxylamine groups is 2. The van der Waals surface area contributed by atoms with Gasteiger partial charge in [0, 0.05) is 6.54 Å². The normalized spacial score (nSPS) is 28.3. The lowest BCUT2D eigenvalue weighted by Crippen LogP contribution is -2.42. The minimum absolute atomic E-state index is 0.483. The third kappa shape index (κ3) is 1.46. The number of rotatable bonds is 1. The van der Waals surface area contributed by atoms with Crippen LogP contribution in [0.2, 0.25) is 0 Å². The van der Waals surface area contributed by atoms with E-state index in [9.17, 15) is 4.79 Å². The van der Waals surface area contributed by atoms with Crippen LogP contribution in [0.5, 0.6) is 0 Å². The summed E-state index contributed by atoms with van der Waals surface area (Å²) >= 11 is 0. The van der Waals surface area contributed by atoms with Gasteiger partial charge in [-0.3, -0.25) is 4.79 Å². The lowest BCUT2D eigenvalue weighted by molar-refractivity contribution is -0.176. The van der Waals surface area contributed by atoms with Crippen LogP contribution in [-0.4, -0.2) is 33.9 Å². The lowest BCUT2D eigenvalue weighted by atomic mass is 10.1. The molecule has 4 heteroatoms. The largest absolute Gasteiger partial charge is 0.480 e. The highest BCUT2D eigenvalue weighted by molar-refractivity contribution is 5.73. The monoisotopic (exact) mass is 145 g/mol. The molecule has 0 aromatic carbocycles. The Morgan fingerprint density at radius 1 is 1.50 bits per heavy atom. The summed E-state index contributed by atoms with van der Waals surface area (Å²) in [5, 5.41) is 18.4. The number of carbonyl (C=O) groups is 1. The average molecular weight is 145 g/mol. The van der Waals surface area contributed by atoms with Gasteiger partial charge in [0.1, 0.15) is 6.04 Å². The molecule has 1 aliphatic rings. The fourth-order valence-corrected chi connectivity index (χ4v) is 1.17.